The highest BCUT2D eigenvalue weighted by molar-refractivity contribution is 7.84. The minimum Gasteiger partial charge on any atom is -0.380 e. The Morgan fingerprint density at radius 1 is 1.25 bits per heavy atom. The molecule has 1 aliphatic heterocycles. The van der Waals surface area contributed by atoms with Crippen LogP contribution in [0.15, 0.2) is 42.6 Å². The van der Waals surface area contributed by atoms with Crippen LogP contribution >= 0.6 is 0 Å². The van der Waals surface area contributed by atoms with Gasteiger partial charge in [-0.1, -0.05) is 25.0 Å². The lowest BCUT2D eigenvalue weighted by molar-refractivity contribution is -0.118. The Morgan fingerprint density at radius 3 is 2.64 bits per heavy atom. The van der Waals surface area contributed by atoms with Crippen molar-refractivity contribution < 1.29 is 18.1 Å². The molecule has 1 saturated carbocycles. The van der Waals surface area contributed by atoms with Crippen molar-refractivity contribution in [3.63, 3.8) is 0 Å². The molecule has 36 heavy (non-hydrogen) atoms. The number of hydrogen-bond donors (Lipinski definition) is 3. The van der Waals surface area contributed by atoms with Gasteiger partial charge in [0.2, 0.25) is 5.91 Å². The minimum absolute atomic E-state index is 0.0484. The predicted octanol–water partition coefficient (Wildman–Crippen LogP) is 4.02. The van der Waals surface area contributed by atoms with Crippen LogP contribution < -0.4 is 15.4 Å². The molecule has 2 aliphatic rings. The highest BCUT2D eigenvalue weighted by atomic mass is 32.2. The van der Waals surface area contributed by atoms with E-state index in [9.17, 15) is 13.4 Å². The lowest BCUT2D eigenvalue weighted by atomic mass is 9.82. The number of carbonyl (C=O) groups is 1. The van der Waals surface area contributed by atoms with Crippen molar-refractivity contribution in [1.29, 1.82) is 0 Å². The number of halogens is 1. The van der Waals surface area contributed by atoms with Gasteiger partial charge in [0.15, 0.2) is 0 Å². The van der Waals surface area contributed by atoms with Gasteiger partial charge >= 0.3 is 0 Å². The molecule has 4 rings (SSSR count). The summed E-state index contributed by atoms with van der Waals surface area (Å²) in [5.74, 6) is -0.208. The van der Waals surface area contributed by atoms with E-state index in [1.54, 1.807) is 25.4 Å². The van der Waals surface area contributed by atoms with Crippen LogP contribution in [-0.4, -0.2) is 45.6 Å². The van der Waals surface area contributed by atoms with Crippen molar-refractivity contribution in [3.8, 4) is 0 Å². The molecule has 2 fully saturated rings. The summed E-state index contributed by atoms with van der Waals surface area (Å²) < 4.78 is 36.6. The number of methoxy groups -OCH3 is 1. The van der Waals surface area contributed by atoms with Gasteiger partial charge in [0.1, 0.15) is 5.82 Å². The molecule has 2 aromatic rings. The number of benzene rings is 1. The third kappa shape index (κ3) is 6.19. The molecule has 1 saturated heterocycles. The number of hydrogen-bond acceptors (Lipinski definition) is 5. The van der Waals surface area contributed by atoms with Gasteiger partial charge < -0.3 is 15.4 Å². The van der Waals surface area contributed by atoms with Gasteiger partial charge in [-0.15, -0.1) is 0 Å². The van der Waals surface area contributed by atoms with E-state index in [-0.39, 0.29) is 17.7 Å². The molecule has 9 heteroatoms. The van der Waals surface area contributed by atoms with E-state index in [0.29, 0.717) is 36.6 Å². The second-order valence-corrected chi connectivity index (χ2v) is 12.8. The van der Waals surface area contributed by atoms with Gasteiger partial charge in [-0.05, 0) is 75.8 Å². The fourth-order valence-electron chi connectivity index (χ4n) is 4.53. The summed E-state index contributed by atoms with van der Waals surface area (Å²) in [5, 5.41) is 5.89. The average Bonchev–Trinajstić information content (AvgIpc) is 3.56. The Bertz CT molecular complexity index is 1090. The molecule has 7 nitrogen and oxygen atoms in total. The highest BCUT2D eigenvalue weighted by Crippen LogP contribution is 2.42. The summed E-state index contributed by atoms with van der Waals surface area (Å²) in [7, 11) is 0.187. The summed E-state index contributed by atoms with van der Waals surface area (Å²) in [6, 6.07) is 9.92. The first-order chi connectivity index (χ1) is 17.1. The molecule has 1 aliphatic carbocycles. The fraction of sp³-hybridized carbons (Fsp3) is 0.556. The van der Waals surface area contributed by atoms with Crippen LogP contribution in [0.3, 0.4) is 0 Å². The van der Waals surface area contributed by atoms with Gasteiger partial charge in [0, 0.05) is 19.9 Å². The Kier molecular flexibility index (Phi) is 8.24. The Hall–Kier alpha value is -2.20. The highest BCUT2D eigenvalue weighted by Gasteiger charge is 2.41. The number of nitrogens with one attached hydrogen (secondary N) is 3. The van der Waals surface area contributed by atoms with Gasteiger partial charge in [0.05, 0.1) is 44.8 Å². The first-order valence-electron chi connectivity index (χ1n) is 12.6. The molecular formula is C27H37FN4O3S. The molecule has 196 valence electrons. The van der Waals surface area contributed by atoms with Crippen molar-refractivity contribution in [2.24, 2.45) is 5.92 Å². The third-order valence-electron chi connectivity index (χ3n) is 7.01. The first-order valence-corrected chi connectivity index (χ1v) is 13.8. The van der Waals surface area contributed by atoms with Crippen LogP contribution in [0.25, 0.3) is 0 Å². The summed E-state index contributed by atoms with van der Waals surface area (Å²) in [4.78, 5) is 17.6. The molecule has 2 heterocycles. The maximum Gasteiger partial charge on any atom is 0.241 e. The van der Waals surface area contributed by atoms with E-state index in [0.717, 1.165) is 6.42 Å². The van der Waals surface area contributed by atoms with Crippen LogP contribution in [0, 0.1) is 11.7 Å². The molecule has 0 bridgehead atoms. The fourth-order valence-corrected chi connectivity index (χ4v) is 5.47. The molecule has 4 atom stereocenters. The molecule has 3 N–H and O–H groups in total. The summed E-state index contributed by atoms with van der Waals surface area (Å²) >= 11 is 0. The zero-order valence-corrected chi connectivity index (χ0v) is 22.3. The number of aromatic nitrogens is 1. The Morgan fingerprint density at radius 2 is 2.03 bits per heavy atom. The topological polar surface area (TPSA) is 92.4 Å². The van der Waals surface area contributed by atoms with Gasteiger partial charge in [-0.3, -0.25) is 9.78 Å². The van der Waals surface area contributed by atoms with E-state index >= 15 is 0 Å². The molecule has 1 amide bonds. The van der Waals surface area contributed by atoms with Gasteiger partial charge in [0.25, 0.3) is 0 Å². The van der Waals surface area contributed by atoms with Gasteiger partial charge in [-0.25, -0.2) is 13.3 Å². The predicted molar refractivity (Wildman–Crippen MR) is 140 cm³/mol. The van der Waals surface area contributed by atoms with Crippen LogP contribution in [0.5, 0.6) is 0 Å². The molecule has 3 unspecified atom stereocenters. The zero-order valence-electron chi connectivity index (χ0n) is 21.5. The number of ether oxygens (including phenoxy) is 1. The summed E-state index contributed by atoms with van der Waals surface area (Å²) in [5.41, 5.74) is 0.607. The number of rotatable bonds is 10. The average molecular weight is 517 g/mol. The standard InChI is InChI=1S/C27H37FN4O3S/c1-26(2,3)36(34)32-27(13-12-18-8-9-18,24-7-5-6-14-29-24)19-10-11-21(28)22(15-19)31-25(33)23-16-20(35-4)17-30-23/h5-7,10-11,14-15,18,20,23,30,32H,8-9,12-13,16-17H2,1-4H3,(H,31,33)/t20?,23?,27?,36-/m0/s1. The maximum absolute atomic E-state index is 15.0. The van der Waals surface area contributed by atoms with Crippen molar-refractivity contribution in [2.75, 3.05) is 19.0 Å². The number of pyridine rings is 1. The van der Waals surface area contributed by atoms with Crippen LogP contribution in [0.2, 0.25) is 0 Å². The van der Waals surface area contributed by atoms with Crippen molar-refractivity contribution >= 4 is 22.6 Å². The number of anilines is 1. The number of amides is 1. The molecule has 1 aromatic carbocycles. The molecular weight excluding hydrogens is 479 g/mol. The van der Waals surface area contributed by atoms with Crippen molar-refractivity contribution in [3.05, 3.63) is 59.7 Å². The van der Waals surface area contributed by atoms with Crippen LogP contribution in [0.4, 0.5) is 10.1 Å². The SMILES string of the molecule is COC1CNC(C(=O)Nc2cc(C(CCC3CC3)(N[S@@](=O)C(C)(C)C)c3ccccn3)ccc2F)C1. The summed E-state index contributed by atoms with van der Waals surface area (Å²) in [6.07, 6.45) is 6.13. The number of nitrogens with zero attached hydrogens (tertiary/aromatic N) is 1. The zero-order chi connectivity index (χ0) is 25.9. The monoisotopic (exact) mass is 516 g/mol. The Labute approximate surface area is 215 Å². The Balaban J connectivity index is 1.72. The van der Waals surface area contributed by atoms with E-state index < -0.39 is 33.1 Å². The second kappa shape index (κ2) is 11.0. The summed E-state index contributed by atoms with van der Waals surface area (Å²) in [6.45, 7) is 6.32. The van der Waals surface area contributed by atoms with E-state index in [4.69, 9.17) is 4.74 Å². The second-order valence-electron chi connectivity index (χ2n) is 10.8. The quantitative estimate of drug-likeness (QED) is 0.444. The largest absolute Gasteiger partial charge is 0.380 e. The van der Waals surface area contributed by atoms with Crippen molar-refractivity contribution in [1.82, 2.24) is 15.0 Å². The van der Waals surface area contributed by atoms with Crippen LogP contribution in [-0.2, 0) is 26.1 Å². The molecule has 1 aromatic heterocycles. The molecule has 0 spiro atoms. The van der Waals surface area contributed by atoms with E-state index in [2.05, 4.69) is 20.3 Å². The van der Waals surface area contributed by atoms with Gasteiger partial charge in [-0.2, -0.15) is 0 Å². The first kappa shape index (κ1) is 26.9. The smallest absolute Gasteiger partial charge is 0.241 e. The van der Waals surface area contributed by atoms with E-state index in [1.807, 2.05) is 39.0 Å². The number of carbonyl (C=O) groups excluding carboxylic acids is 1. The maximum atomic E-state index is 15.0. The normalized spacial score (nSPS) is 22.7. The lowest BCUT2D eigenvalue weighted by Gasteiger charge is -2.37. The minimum atomic E-state index is -1.43. The molecule has 0 radical (unpaired) electrons. The third-order valence-corrected chi connectivity index (χ3v) is 8.65. The van der Waals surface area contributed by atoms with Crippen LogP contribution in [0.1, 0.15) is 64.1 Å². The van der Waals surface area contributed by atoms with Crippen molar-refractivity contribution in [2.45, 2.75) is 75.3 Å². The lowest BCUT2D eigenvalue weighted by Crippen LogP contribution is -2.49. The van der Waals surface area contributed by atoms with E-state index in [1.165, 1.54) is 18.9 Å².